The molecule has 4 rings (SSSR count). The van der Waals surface area contributed by atoms with E-state index in [0.29, 0.717) is 39.4 Å². The molecule has 0 bridgehead atoms. The van der Waals surface area contributed by atoms with Crippen LogP contribution in [0, 0.1) is 5.92 Å². The Morgan fingerprint density at radius 1 is 1.00 bits per heavy atom. The first kappa shape index (κ1) is 29.5. The molecule has 9 heteroatoms. The number of aromatic nitrogens is 1. The number of ether oxygens (including phenoxy) is 4. The molecule has 0 radical (unpaired) electrons. The third-order valence-corrected chi connectivity index (χ3v) is 6.88. The zero-order chi connectivity index (χ0) is 28.3. The van der Waals surface area contributed by atoms with Crippen LogP contribution in [-0.4, -0.2) is 67.4 Å². The Morgan fingerprint density at radius 2 is 1.73 bits per heavy atom. The van der Waals surface area contributed by atoms with Crippen molar-refractivity contribution in [3.8, 4) is 0 Å². The number of fused-ring (bicyclic) bond motifs is 1. The van der Waals surface area contributed by atoms with Gasteiger partial charge in [0.2, 0.25) is 12.2 Å². The van der Waals surface area contributed by atoms with E-state index in [9.17, 15) is 9.59 Å². The van der Waals surface area contributed by atoms with Gasteiger partial charge in [0.15, 0.2) is 5.76 Å². The van der Waals surface area contributed by atoms with Crippen LogP contribution in [0.15, 0.2) is 72.6 Å². The molecule has 2 heterocycles. The lowest BCUT2D eigenvalue weighted by molar-refractivity contribution is -0.168. The van der Waals surface area contributed by atoms with Gasteiger partial charge in [-0.05, 0) is 36.6 Å². The zero-order valence-corrected chi connectivity index (χ0v) is 23.1. The summed E-state index contributed by atoms with van der Waals surface area (Å²) in [6.07, 6.45) is 3.60. The number of hydrogen-bond acceptors (Lipinski definition) is 7. The van der Waals surface area contributed by atoms with Gasteiger partial charge in [0.1, 0.15) is 0 Å². The second kappa shape index (κ2) is 14.8. The second-order valence-electron chi connectivity index (χ2n) is 9.56. The number of aliphatic hydroxyl groups is 1. The average Bonchev–Trinajstić information content (AvgIpc) is 3.36. The lowest BCUT2D eigenvalue weighted by Gasteiger charge is -2.36. The molecule has 214 valence electrons. The van der Waals surface area contributed by atoms with Gasteiger partial charge in [-0.25, -0.2) is 0 Å². The van der Waals surface area contributed by atoms with E-state index in [1.54, 1.807) is 4.57 Å². The summed E-state index contributed by atoms with van der Waals surface area (Å²) in [6.45, 7) is 5.63. The number of rotatable bonds is 14. The second-order valence-corrected chi connectivity index (χ2v) is 9.56. The predicted octanol–water partition coefficient (Wildman–Crippen LogP) is 4.01. The SMILES string of the molecule is CCO[C@H]1OC(C(=O)NCc2ccccc2)=C[C@@H](c2cn(C(C)=O)c3ccccc23)[C@@H]1CCOCCOCCO. The van der Waals surface area contributed by atoms with E-state index in [1.807, 2.05) is 73.8 Å². The lowest BCUT2D eigenvalue weighted by Crippen LogP contribution is -2.39. The molecule has 1 aromatic heterocycles. The third kappa shape index (κ3) is 7.37. The van der Waals surface area contributed by atoms with Crippen LogP contribution in [0.5, 0.6) is 0 Å². The highest BCUT2D eigenvalue weighted by Crippen LogP contribution is 2.42. The van der Waals surface area contributed by atoms with Gasteiger partial charge in [0, 0.05) is 50.1 Å². The predicted molar refractivity (Wildman–Crippen MR) is 151 cm³/mol. The number of aliphatic hydroxyl groups excluding tert-OH is 1. The Labute approximate surface area is 234 Å². The third-order valence-electron chi connectivity index (χ3n) is 6.88. The number of benzene rings is 2. The van der Waals surface area contributed by atoms with Gasteiger partial charge in [-0.1, -0.05) is 48.5 Å². The van der Waals surface area contributed by atoms with Crippen LogP contribution in [0.1, 0.15) is 42.1 Å². The van der Waals surface area contributed by atoms with E-state index in [2.05, 4.69) is 5.32 Å². The minimum atomic E-state index is -0.689. The van der Waals surface area contributed by atoms with Crippen LogP contribution < -0.4 is 5.32 Å². The van der Waals surface area contributed by atoms with E-state index >= 15 is 0 Å². The first-order valence-corrected chi connectivity index (χ1v) is 13.7. The molecule has 0 spiro atoms. The maximum absolute atomic E-state index is 13.3. The highest BCUT2D eigenvalue weighted by atomic mass is 16.7. The number of nitrogens with one attached hydrogen (secondary N) is 1. The summed E-state index contributed by atoms with van der Waals surface area (Å²) in [5.41, 5.74) is 2.71. The van der Waals surface area contributed by atoms with Crippen LogP contribution in [0.4, 0.5) is 0 Å². The Kier molecular flexibility index (Phi) is 10.9. The van der Waals surface area contributed by atoms with Gasteiger partial charge < -0.3 is 29.4 Å². The zero-order valence-electron chi connectivity index (χ0n) is 23.1. The van der Waals surface area contributed by atoms with Gasteiger partial charge in [0.25, 0.3) is 5.91 Å². The largest absolute Gasteiger partial charge is 0.459 e. The molecule has 3 aromatic rings. The average molecular weight is 551 g/mol. The molecule has 1 amide bonds. The van der Waals surface area contributed by atoms with E-state index in [4.69, 9.17) is 24.1 Å². The number of hydrogen-bond donors (Lipinski definition) is 2. The summed E-state index contributed by atoms with van der Waals surface area (Å²) >= 11 is 0. The highest BCUT2D eigenvalue weighted by molar-refractivity contribution is 5.95. The van der Waals surface area contributed by atoms with Crippen molar-refractivity contribution >= 4 is 22.7 Å². The number of amides is 1. The topological polar surface area (TPSA) is 108 Å². The molecule has 2 N–H and O–H groups in total. The Bertz CT molecular complexity index is 1290. The van der Waals surface area contributed by atoms with Crippen molar-refractivity contribution in [2.24, 2.45) is 5.92 Å². The monoisotopic (exact) mass is 550 g/mol. The van der Waals surface area contributed by atoms with Gasteiger partial charge in [-0.15, -0.1) is 0 Å². The summed E-state index contributed by atoms with van der Waals surface area (Å²) in [4.78, 5) is 25.8. The van der Waals surface area contributed by atoms with Crippen molar-refractivity contribution in [1.82, 2.24) is 9.88 Å². The van der Waals surface area contributed by atoms with Crippen molar-refractivity contribution in [2.45, 2.75) is 39.0 Å². The summed E-state index contributed by atoms with van der Waals surface area (Å²) in [5.74, 6) is -0.695. The van der Waals surface area contributed by atoms with Crippen LogP contribution in [0.2, 0.25) is 0 Å². The number of para-hydroxylation sites is 1. The lowest BCUT2D eigenvalue weighted by atomic mass is 9.81. The van der Waals surface area contributed by atoms with E-state index in [-0.39, 0.29) is 42.6 Å². The van der Waals surface area contributed by atoms with Crippen molar-refractivity contribution in [2.75, 3.05) is 39.6 Å². The van der Waals surface area contributed by atoms with Crippen molar-refractivity contribution in [3.05, 3.63) is 83.8 Å². The fourth-order valence-corrected chi connectivity index (χ4v) is 5.00. The number of allylic oxidation sites excluding steroid dienone is 1. The minimum absolute atomic E-state index is 0.0292. The molecule has 0 unspecified atom stereocenters. The van der Waals surface area contributed by atoms with Gasteiger partial charge in [-0.2, -0.15) is 0 Å². The first-order chi connectivity index (χ1) is 19.5. The fraction of sp³-hybridized carbons (Fsp3) is 0.419. The quantitative estimate of drug-likeness (QED) is 0.292. The van der Waals surface area contributed by atoms with Crippen molar-refractivity contribution in [1.29, 1.82) is 0 Å². The molecular formula is C31H38N2O7. The Balaban J connectivity index is 1.63. The molecule has 0 saturated heterocycles. The van der Waals surface area contributed by atoms with E-state index in [0.717, 1.165) is 22.0 Å². The van der Waals surface area contributed by atoms with Gasteiger partial charge in [-0.3, -0.25) is 14.2 Å². The molecule has 0 aliphatic carbocycles. The maximum atomic E-state index is 13.3. The summed E-state index contributed by atoms with van der Waals surface area (Å²) in [6, 6.07) is 17.4. The van der Waals surface area contributed by atoms with Gasteiger partial charge in [0.05, 0.1) is 31.9 Å². The van der Waals surface area contributed by atoms with Gasteiger partial charge >= 0.3 is 0 Å². The summed E-state index contributed by atoms with van der Waals surface area (Å²) in [7, 11) is 0. The van der Waals surface area contributed by atoms with Crippen molar-refractivity contribution < 1.29 is 33.6 Å². The Hall–Kier alpha value is -3.50. The summed E-state index contributed by atoms with van der Waals surface area (Å²) < 4.78 is 24.9. The molecule has 1 aliphatic heterocycles. The molecule has 0 fully saturated rings. The molecule has 1 aliphatic rings. The summed E-state index contributed by atoms with van der Waals surface area (Å²) in [5, 5.41) is 12.8. The van der Waals surface area contributed by atoms with Crippen LogP contribution >= 0.6 is 0 Å². The molecule has 9 nitrogen and oxygen atoms in total. The molecule has 40 heavy (non-hydrogen) atoms. The molecular weight excluding hydrogens is 512 g/mol. The highest BCUT2D eigenvalue weighted by Gasteiger charge is 2.39. The van der Waals surface area contributed by atoms with Crippen molar-refractivity contribution in [3.63, 3.8) is 0 Å². The first-order valence-electron chi connectivity index (χ1n) is 13.7. The Morgan fingerprint density at radius 3 is 2.45 bits per heavy atom. The maximum Gasteiger partial charge on any atom is 0.286 e. The smallest absolute Gasteiger partial charge is 0.286 e. The minimum Gasteiger partial charge on any atom is -0.459 e. The molecule has 3 atom stereocenters. The van der Waals surface area contributed by atoms with Crippen LogP contribution in [0.25, 0.3) is 10.9 Å². The fourth-order valence-electron chi connectivity index (χ4n) is 5.00. The van der Waals surface area contributed by atoms with E-state index in [1.165, 1.54) is 6.92 Å². The van der Waals surface area contributed by atoms with E-state index < -0.39 is 6.29 Å². The molecule has 2 aromatic carbocycles. The van der Waals surface area contributed by atoms with Crippen LogP contribution in [0.3, 0.4) is 0 Å². The normalized spacial score (nSPS) is 18.8. The number of carbonyl (C=O) groups excluding carboxylic acids is 2. The number of carbonyl (C=O) groups is 2. The molecule has 0 saturated carbocycles. The number of nitrogens with zero attached hydrogens (tertiary/aromatic N) is 1. The van der Waals surface area contributed by atoms with Crippen LogP contribution in [-0.2, 0) is 30.3 Å². The standard InChI is InChI=1S/C31H38N2O7/c1-3-39-31-25(13-15-37-17-18-38-16-14-34)26(27-21-33(22(2)35)28-12-8-7-11-24(27)28)19-29(40-31)30(36)32-20-23-9-5-4-6-10-23/h4-12,19,21,25-26,31,34H,3,13-18,20H2,1-2H3,(H,32,36)/t25-,26+,31-/m0/s1.